The van der Waals surface area contributed by atoms with Crippen LogP contribution in [0.15, 0.2) is 59.5 Å². The van der Waals surface area contributed by atoms with Crippen molar-refractivity contribution in [1.82, 2.24) is 29.5 Å². The number of anilines is 1. The van der Waals surface area contributed by atoms with Crippen molar-refractivity contribution in [1.29, 1.82) is 0 Å². The molecule has 0 saturated heterocycles. The van der Waals surface area contributed by atoms with Crippen LogP contribution < -0.4 is 5.73 Å². The molecular weight excluding hydrogens is 478 g/mol. The van der Waals surface area contributed by atoms with E-state index in [9.17, 15) is 13.0 Å². The van der Waals surface area contributed by atoms with Crippen molar-refractivity contribution < 1.29 is 13.0 Å². The number of aromatic nitrogens is 6. The summed E-state index contributed by atoms with van der Waals surface area (Å²) in [5, 5.41) is 10.2. The van der Waals surface area contributed by atoms with Crippen LogP contribution in [0.2, 0.25) is 5.15 Å². The minimum absolute atomic E-state index is 0.0149. The number of benzene rings is 2. The lowest BCUT2D eigenvalue weighted by Gasteiger charge is -2.07. The first-order valence-corrected chi connectivity index (χ1v) is 11.9. The number of rotatable bonds is 4. The van der Waals surface area contributed by atoms with Crippen molar-refractivity contribution in [3.05, 3.63) is 71.1 Å². The van der Waals surface area contributed by atoms with Crippen LogP contribution in [-0.4, -0.2) is 42.5 Å². The van der Waals surface area contributed by atoms with Gasteiger partial charge in [0.15, 0.2) is 5.65 Å². The molecule has 3 heterocycles. The summed E-state index contributed by atoms with van der Waals surface area (Å²) in [6, 6.07) is 15.1. The number of halogens is 1. The first-order valence-electron chi connectivity index (χ1n) is 10.1. The summed E-state index contributed by atoms with van der Waals surface area (Å²) >= 11 is 6.78. The number of hydrogen-bond acceptors (Lipinski definition) is 7. The van der Waals surface area contributed by atoms with Crippen molar-refractivity contribution in [2.75, 3.05) is 5.73 Å². The smallest absolute Gasteiger partial charge is 0.294 e. The maximum absolute atomic E-state index is 11.4. The van der Waals surface area contributed by atoms with E-state index >= 15 is 0 Å². The fourth-order valence-electron chi connectivity index (χ4n) is 3.83. The summed E-state index contributed by atoms with van der Waals surface area (Å²) in [5.41, 5.74) is 10.2. The molecule has 5 rings (SSSR count). The lowest BCUT2D eigenvalue weighted by atomic mass is 10.1. The number of para-hydroxylation sites is 1. The van der Waals surface area contributed by atoms with Crippen molar-refractivity contribution in [2.45, 2.75) is 18.7 Å². The van der Waals surface area contributed by atoms with E-state index in [0.29, 0.717) is 44.5 Å². The zero-order chi connectivity index (χ0) is 24.2. The summed E-state index contributed by atoms with van der Waals surface area (Å²) in [5.74, 6) is 0.0149. The Hall–Kier alpha value is -3.80. The minimum atomic E-state index is -4.32. The SMILES string of the molecule is Cc1nn(-c2ccccc2)c(Cl)c1-c1nc(N)nc2c1c(C)nn2-c1ccc(S(=O)(=O)O)cc1. The summed E-state index contributed by atoms with van der Waals surface area (Å²) < 4.78 is 35.2. The minimum Gasteiger partial charge on any atom is -0.368 e. The van der Waals surface area contributed by atoms with Crippen LogP contribution in [0.1, 0.15) is 11.4 Å². The van der Waals surface area contributed by atoms with Gasteiger partial charge in [0.1, 0.15) is 5.15 Å². The van der Waals surface area contributed by atoms with Crippen molar-refractivity contribution in [3.63, 3.8) is 0 Å². The Balaban J connectivity index is 1.73. The average Bonchev–Trinajstić information content (AvgIpc) is 3.29. The van der Waals surface area contributed by atoms with Gasteiger partial charge in [0, 0.05) is 0 Å². The van der Waals surface area contributed by atoms with Gasteiger partial charge in [-0.3, -0.25) is 4.55 Å². The lowest BCUT2D eigenvalue weighted by Crippen LogP contribution is -2.03. The van der Waals surface area contributed by atoms with Gasteiger partial charge in [-0.05, 0) is 50.2 Å². The monoisotopic (exact) mass is 495 g/mol. The van der Waals surface area contributed by atoms with Crippen LogP contribution in [0.4, 0.5) is 5.95 Å². The number of nitrogen functional groups attached to an aromatic ring is 1. The van der Waals surface area contributed by atoms with E-state index in [1.165, 1.54) is 28.9 Å². The molecule has 34 heavy (non-hydrogen) atoms. The van der Waals surface area contributed by atoms with Crippen molar-refractivity contribution >= 4 is 38.7 Å². The van der Waals surface area contributed by atoms with Gasteiger partial charge in [0.2, 0.25) is 5.95 Å². The molecule has 2 aromatic carbocycles. The third-order valence-electron chi connectivity index (χ3n) is 5.34. The largest absolute Gasteiger partial charge is 0.368 e. The predicted octanol–water partition coefficient (Wildman–Crippen LogP) is 3.77. The Morgan fingerprint density at radius 3 is 2.15 bits per heavy atom. The standard InChI is InChI=1S/C22H18ClN7O3S/c1-12-17(20(23)29(27-12)14-6-4-3-5-7-14)19-18-13(2)28-30(21(18)26-22(24)25-19)15-8-10-16(11-9-15)34(31,32)33/h3-11H,1-2H3,(H2,24,25,26)(H,31,32,33). The lowest BCUT2D eigenvalue weighted by molar-refractivity contribution is 0.483. The Bertz CT molecular complexity index is 1660. The molecule has 0 unspecified atom stereocenters. The van der Waals surface area contributed by atoms with Gasteiger partial charge in [-0.2, -0.15) is 23.6 Å². The third-order valence-corrected chi connectivity index (χ3v) is 6.56. The second kappa shape index (κ2) is 7.90. The fourth-order valence-corrected chi connectivity index (χ4v) is 4.67. The molecule has 0 bridgehead atoms. The van der Waals surface area contributed by atoms with E-state index in [2.05, 4.69) is 20.2 Å². The number of fused-ring (bicyclic) bond motifs is 1. The molecule has 0 atom stereocenters. The topological polar surface area (TPSA) is 142 Å². The number of aryl methyl sites for hydroxylation is 2. The zero-order valence-corrected chi connectivity index (χ0v) is 19.6. The second-order valence-electron chi connectivity index (χ2n) is 7.59. The van der Waals surface area contributed by atoms with E-state index < -0.39 is 10.1 Å². The van der Waals surface area contributed by atoms with Crippen LogP contribution in [0.3, 0.4) is 0 Å². The highest BCUT2D eigenvalue weighted by Gasteiger charge is 2.24. The molecule has 0 amide bonds. The van der Waals surface area contributed by atoms with E-state index in [1.807, 2.05) is 37.3 Å². The normalized spacial score (nSPS) is 11.9. The molecule has 3 aromatic heterocycles. The van der Waals surface area contributed by atoms with Crippen LogP contribution in [0, 0.1) is 13.8 Å². The molecule has 0 aliphatic heterocycles. The van der Waals surface area contributed by atoms with E-state index in [-0.39, 0.29) is 10.8 Å². The zero-order valence-electron chi connectivity index (χ0n) is 18.0. The van der Waals surface area contributed by atoms with E-state index in [0.717, 1.165) is 5.69 Å². The molecule has 3 N–H and O–H groups in total. The molecule has 0 aliphatic carbocycles. The van der Waals surface area contributed by atoms with Crippen LogP contribution in [0.25, 0.3) is 33.7 Å². The van der Waals surface area contributed by atoms with Crippen molar-refractivity contribution in [3.8, 4) is 22.6 Å². The molecule has 0 fully saturated rings. The molecule has 0 radical (unpaired) electrons. The van der Waals surface area contributed by atoms with E-state index in [4.69, 9.17) is 17.3 Å². The summed E-state index contributed by atoms with van der Waals surface area (Å²) in [4.78, 5) is 8.63. The van der Waals surface area contributed by atoms with Gasteiger partial charge in [0.05, 0.1) is 44.3 Å². The van der Waals surface area contributed by atoms with Gasteiger partial charge in [-0.15, -0.1) is 0 Å². The molecule has 5 aromatic rings. The Labute approximate surface area is 199 Å². The summed E-state index contributed by atoms with van der Waals surface area (Å²) in [7, 11) is -4.32. The molecule has 10 nitrogen and oxygen atoms in total. The van der Waals surface area contributed by atoms with Gasteiger partial charge in [-0.25, -0.2) is 14.3 Å². The molecule has 12 heteroatoms. The number of nitrogens with zero attached hydrogens (tertiary/aromatic N) is 6. The first kappa shape index (κ1) is 22.0. The Morgan fingerprint density at radius 1 is 0.882 bits per heavy atom. The summed E-state index contributed by atoms with van der Waals surface area (Å²) in [6.45, 7) is 3.64. The molecular formula is C22H18ClN7O3S. The predicted molar refractivity (Wildman–Crippen MR) is 128 cm³/mol. The molecule has 172 valence electrons. The molecule has 0 spiro atoms. The van der Waals surface area contributed by atoms with Crippen LogP contribution >= 0.6 is 11.6 Å². The van der Waals surface area contributed by atoms with Gasteiger partial charge in [0.25, 0.3) is 10.1 Å². The highest BCUT2D eigenvalue weighted by molar-refractivity contribution is 7.85. The first-order chi connectivity index (χ1) is 16.1. The van der Waals surface area contributed by atoms with Gasteiger partial charge >= 0.3 is 0 Å². The summed E-state index contributed by atoms with van der Waals surface area (Å²) in [6.07, 6.45) is 0. The van der Waals surface area contributed by atoms with E-state index in [1.54, 1.807) is 11.6 Å². The maximum Gasteiger partial charge on any atom is 0.294 e. The highest BCUT2D eigenvalue weighted by Crippen LogP contribution is 2.37. The number of nitrogens with two attached hydrogens (primary N) is 1. The van der Waals surface area contributed by atoms with Gasteiger partial charge < -0.3 is 5.73 Å². The van der Waals surface area contributed by atoms with Crippen LogP contribution in [0.5, 0.6) is 0 Å². The quantitative estimate of drug-likeness (QED) is 0.359. The second-order valence-corrected chi connectivity index (χ2v) is 9.37. The molecule has 0 aliphatic rings. The Morgan fingerprint density at radius 2 is 1.50 bits per heavy atom. The average molecular weight is 496 g/mol. The third kappa shape index (κ3) is 3.59. The van der Waals surface area contributed by atoms with Crippen molar-refractivity contribution in [2.24, 2.45) is 0 Å². The number of hydrogen-bond donors (Lipinski definition) is 2. The fraction of sp³-hybridized carbons (Fsp3) is 0.0909. The molecule has 0 saturated carbocycles. The highest BCUT2D eigenvalue weighted by atomic mass is 35.5. The maximum atomic E-state index is 11.4. The van der Waals surface area contributed by atoms with Crippen LogP contribution in [-0.2, 0) is 10.1 Å². The van der Waals surface area contributed by atoms with Gasteiger partial charge in [-0.1, -0.05) is 29.8 Å². The Kier molecular flexibility index (Phi) is 5.12.